The molecule has 0 aliphatic carbocycles. The molecule has 0 radical (unpaired) electrons. The minimum Gasteiger partial charge on any atom is -0.440 e. The van der Waals surface area contributed by atoms with E-state index in [0.717, 1.165) is 34.3 Å². The topological polar surface area (TPSA) is 26.0 Å². The van der Waals surface area contributed by atoms with Crippen LogP contribution in [0.3, 0.4) is 0 Å². The van der Waals surface area contributed by atoms with Gasteiger partial charge in [-0.1, -0.05) is 36.7 Å². The van der Waals surface area contributed by atoms with Gasteiger partial charge in [0.15, 0.2) is 11.5 Å². The number of fused-ring (bicyclic) bond motifs is 1. The van der Waals surface area contributed by atoms with Gasteiger partial charge in [0.1, 0.15) is 5.52 Å². The highest BCUT2D eigenvalue weighted by Crippen LogP contribution is 2.26. The molecule has 0 bridgehead atoms. The molecule has 86 valence electrons. The van der Waals surface area contributed by atoms with E-state index in [2.05, 4.69) is 47.8 Å². The zero-order valence-corrected chi connectivity index (χ0v) is 11.5. The summed E-state index contributed by atoms with van der Waals surface area (Å²) in [6, 6.07) is 4.12. The summed E-state index contributed by atoms with van der Waals surface area (Å²) in [5.41, 5.74) is 3.12. The minimum atomic E-state index is 0.571. The van der Waals surface area contributed by atoms with Crippen LogP contribution in [-0.2, 0) is 12.8 Å². The van der Waals surface area contributed by atoms with Gasteiger partial charge in [-0.25, -0.2) is 4.98 Å². The lowest BCUT2D eigenvalue weighted by Gasteiger charge is -1.98. The molecule has 0 unspecified atom stereocenters. The number of benzene rings is 1. The second kappa shape index (κ2) is 4.58. The molecule has 3 heteroatoms. The van der Waals surface area contributed by atoms with Crippen molar-refractivity contribution in [1.29, 1.82) is 0 Å². The number of halogens is 1. The summed E-state index contributed by atoms with van der Waals surface area (Å²) < 4.78 is 6.89. The Kier molecular flexibility index (Phi) is 3.33. The minimum absolute atomic E-state index is 0.571. The van der Waals surface area contributed by atoms with Crippen LogP contribution in [0, 0.1) is 5.92 Å². The van der Waals surface area contributed by atoms with Crippen LogP contribution in [0.15, 0.2) is 21.0 Å². The molecule has 0 aliphatic heterocycles. The number of hydrogen-bond acceptors (Lipinski definition) is 2. The molecular formula is C13H16BrNO. The van der Waals surface area contributed by atoms with E-state index in [1.807, 2.05) is 6.07 Å². The molecule has 0 N–H and O–H groups in total. The Balaban J connectivity index is 2.51. The summed E-state index contributed by atoms with van der Waals surface area (Å²) in [5.74, 6) is 1.42. The predicted octanol–water partition coefficient (Wildman–Crippen LogP) is 4.35. The molecule has 0 saturated heterocycles. The first-order valence-corrected chi connectivity index (χ1v) is 6.47. The van der Waals surface area contributed by atoms with Gasteiger partial charge in [0, 0.05) is 10.9 Å². The summed E-state index contributed by atoms with van der Waals surface area (Å²) in [4.78, 5) is 4.53. The van der Waals surface area contributed by atoms with Gasteiger partial charge in [-0.3, -0.25) is 0 Å². The smallest absolute Gasteiger partial charge is 0.195 e. The number of rotatable bonds is 3. The molecule has 0 fully saturated rings. The maximum Gasteiger partial charge on any atom is 0.195 e. The van der Waals surface area contributed by atoms with Gasteiger partial charge >= 0.3 is 0 Å². The van der Waals surface area contributed by atoms with Gasteiger partial charge in [-0.2, -0.15) is 0 Å². The number of nitrogens with zero attached hydrogens (tertiary/aromatic N) is 1. The molecule has 1 aromatic heterocycles. The number of aryl methyl sites for hydroxylation is 1. The Hall–Kier alpha value is -0.830. The van der Waals surface area contributed by atoms with Crippen molar-refractivity contribution in [2.24, 2.45) is 5.92 Å². The third-order valence-corrected chi connectivity index (χ3v) is 3.00. The van der Waals surface area contributed by atoms with Gasteiger partial charge in [0.25, 0.3) is 0 Å². The van der Waals surface area contributed by atoms with E-state index in [4.69, 9.17) is 4.42 Å². The van der Waals surface area contributed by atoms with Gasteiger partial charge in [-0.15, -0.1) is 0 Å². The van der Waals surface area contributed by atoms with Crippen molar-refractivity contribution >= 4 is 27.0 Å². The zero-order valence-electron chi connectivity index (χ0n) is 9.88. The zero-order chi connectivity index (χ0) is 11.7. The Morgan fingerprint density at radius 2 is 2.12 bits per heavy atom. The molecule has 2 rings (SSSR count). The second-order valence-electron chi connectivity index (χ2n) is 4.47. The maximum absolute atomic E-state index is 5.82. The van der Waals surface area contributed by atoms with Crippen LogP contribution in [0.5, 0.6) is 0 Å². The summed E-state index contributed by atoms with van der Waals surface area (Å²) in [7, 11) is 0. The van der Waals surface area contributed by atoms with Gasteiger partial charge in [0.2, 0.25) is 0 Å². The van der Waals surface area contributed by atoms with Crippen LogP contribution in [0.4, 0.5) is 0 Å². The normalized spacial score (nSPS) is 11.6. The predicted molar refractivity (Wildman–Crippen MR) is 69.6 cm³/mol. The van der Waals surface area contributed by atoms with E-state index in [9.17, 15) is 0 Å². The fourth-order valence-corrected chi connectivity index (χ4v) is 2.30. The average Bonchev–Trinajstić information content (AvgIpc) is 2.57. The molecule has 0 aliphatic rings. The first-order valence-electron chi connectivity index (χ1n) is 5.68. The standard InChI is InChI=1S/C13H16BrNO/c1-4-9-6-10(14)7-11-13(9)16-12(15-11)5-8(2)3/h6-8H,4-5H2,1-3H3. The van der Waals surface area contributed by atoms with Crippen molar-refractivity contribution in [3.05, 3.63) is 28.1 Å². The lowest BCUT2D eigenvalue weighted by molar-refractivity contribution is 0.481. The number of hydrogen-bond donors (Lipinski definition) is 0. The van der Waals surface area contributed by atoms with Gasteiger partial charge in [-0.05, 0) is 30.0 Å². The lowest BCUT2D eigenvalue weighted by Crippen LogP contribution is -1.93. The Bertz CT molecular complexity index is 502. The van der Waals surface area contributed by atoms with Gasteiger partial charge < -0.3 is 4.42 Å². The van der Waals surface area contributed by atoms with Crippen molar-refractivity contribution in [3.8, 4) is 0 Å². The molecular weight excluding hydrogens is 266 g/mol. The van der Waals surface area contributed by atoms with E-state index in [1.165, 1.54) is 5.56 Å². The monoisotopic (exact) mass is 281 g/mol. The highest BCUT2D eigenvalue weighted by atomic mass is 79.9. The van der Waals surface area contributed by atoms with Crippen LogP contribution >= 0.6 is 15.9 Å². The summed E-state index contributed by atoms with van der Waals surface area (Å²) in [6.07, 6.45) is 1.86. The largest absolute Gasteiger partial charge is 0.440 e. The SMILES string of the molecule is CCc1cc(Br)cc2nc(CC(C)C)oc12. The number of oxazole rings is 1. The van der Waals surface area contributed by atoms with Crippen LogP contribution in [0.1, 0.15) is 32.2 Å². The van der Waals surface area contributed by atoms with E-state index in [0.29, 0.717) is 5.92 Å². The maximum atomic E-state index is 5.82. The van der Waals surface area contributed by atoms with Crippen molar-refractivity contribution in [1.82, 2.24) is 4.98 Å². The molecule has 2 aromatic rings. The molecule has 0 spiro atoms. The third-order valence-electron chi connectivity index (χ3n) is 2.54. The Labute approximate surface area is 104 Å². The summed E-state index contributed by atoms with van der Waals surface area (Å²) in [5, 5.41) is 0. The fourth-order valence-electron chi connectivity index (χ4n) is 1.81. The average molecular weight is 282 g/mol. The molecule has 2 nitrogen and oxygen atoms in total. The molecule has 1 aromatic carbocycles. The van der Waals surface area contributed by atoms with E-state index in [-0.39, 0.29) is 0 Å². The Morgan fingerprint density at radius 3 is 2.75 bits per heavy atom. The molecule has 0 atom stereocenters. The molecule has 1 heterocycles. The Morgan fingerprint density at radius 1 is 1.38 bits per heavy atom. The van der Waals surface area contributed by atoms with Crippen molar-refractivity contribution in [3.63, 3.8) is 0 Å². The van der Waals surface area contributed by atoms with Crippen LogP contribution < -0.4 is 0 Å². The van der Waals surface area contributed by atoms with Crippen LogP contribution in [0.2, 0.25) is 0 Å². The van der Waals surface area contributed by atoms with Crippen molar-refractivity contribution < 1.29 is 4.42 Å². The first kappa shape index (κ1) is 11.6. The highest BCUT2D eigenvalue weighted by molar-refractivity contribution is 9.10. The quantitative estimate of drug-likeness (QED) is 0.836. The summed E-state index contributed by atoms with van der Waals surface area (Å²) >= 11 is 3.50. The third kappa shape index (κ3) is 2.29. The first-order chi connectivity index (χ1) is 7.60. The van der Waals surface area contributed by atoms with Gasteiger partial charge in [0.05, 0.1) is 0 Å². The van der Waals surface area contributed by atoms with E-state index >= 15 is 0 Å². The number of aromatic nitrogens is 1. The van der Waals surface area contributed by atoms with Crippen LogP contribution in [-0.4, -0.2) is 4.98 Å². The molecule has 0 amide bonds. The van der Waals surface area contributed by atoms with E-state index in [1.54, 1.807) is 0 Å². The van der Waals surface area contributed by atoms with Crippen molar-refractivity contribution in [2.45, 2.75) is 33.6 Å². The second-order valence-corrected chi connectivity index (χ2v) is 5.39. The van der Waals surface area contributed by atoms with Crippen molar-refractivity contribution in [2.75, 3.05) is 0 Å². The highest BCUT2D eigenvalue weighted by Gasteiger charge is 2.11. The lowest BCUT2D eigenvalue weighted by atomic mass is 10.1. The molecule has 16 heavy (non-hydrogen) atoms. The summed E-state index contributed by atoms with van der Waals surface area (Å²) in [6.45, 7) is 6.48. The van der Waals surface area contributed by atoms with Crippen LogP contribution in [0.25, 0.3) is 11.1 Å². The molecule has 0 saturated carbocycles. The van der Waals surface area contributed by atoms with E-state index < -0.39 is 0 Å². The fraction of sp³-hybridized carbons (Fsp3) is 0.462.